The second kappa shape index (κ2) is 10.9. The summed E-state index contributed by atoms with van der Waals surface area (Å²) in [6, 6.07) is 20.6. The first-order valence-corrected chi connectivity index (χ1v) is 12.0. The molecule has 1 aromatic heterocycles. The number of hydrogen-bond acceptors (Lipinski definition) is 3. The molecule has 1 saturated heterocycles. The molecule has 0 bridgehead atoms. The van der Waals surface area contributed by atoms with Crippen molar-refractivity contribution in [3.05, 3.63) is 71.4 Å². The van der Waals surface area contributed by atoms with Crippen LogP contribution in [-0.2, 0) is 11.2 Å². The van der Waals surface area contributed by atoms with Gasteiger partial charge in [0, 0.05) is 35.4 Å². The molecular weight excluding hydrogens is 434 g/mol. The van der Waals surface area contributed by atoms with Crippen molar-refractivity contribution < 1.29 is 9.53 Å². The fraction of sp³-hybridized carbons (Fsp3) is 0.370. The molecule has 174 valence electrons. The minimum Gasteiger partial charge on any atom is -0.497 e. The predicted octanol–water partition coefficient (Wildman–Crippen LogP) is 5.34. The van der Waals surface area contributed by atoms with Crippen LogP contribution in [-0.4, -0.2) is 48.7 Å². The molecule has 0 radical (unpaired) electrons. The van der Waals surface area contributed by atoms with Gasteiger partial charge in [0.1, 0.15) is 5.75 Å². The fourth-order valence-electron chi connectivity index (χ4n) is 4.61. The number of ether oxygens (including phenoxy) is 1. The smallest absolute Gasteiger partial charge is 0.220 e. The standard InChI is InChI=1S/C27H32ClN3O2/c1-30-19-3-4-22(30)17-18-29-27(32)16-12-24-11-15-26(20-5-7-21(28)8-6-20)31(24)23-9-13-25(33-2)14-10-23/h5-11,13-15,22H,3-4,12,16-19H2,1-2H3,(H,29,32)/t22-/m0/s1. The maximum atomic E-state index is 12.6. The molecule has 0 saturated carbocycles. The lowest BCUT2D eigenvalue weighted by Gasteiger charge is -2.19. The summed E-state index contributed by atoms with van der Waals surface area (Å²) in [5, 5.41) is 3.82. The van der Waals surface area contributed by atoms with E-state index >= 15 is 0 Å². The van der Waals surface area contributed by atoms with Gasteiger partial charge >= 0.3 is 0 Å². The predicted molar refractivity (Wildman–Crippen MR) is 134 cm³/mol. The number of aromatic nitrogens is 1. The van der Waals surface area contributed by atoms with Crippen LogP contribution in [0.25, 0.3) is 16.9 Å². The molecular formula is C27H32ClN3O2. The number of hydrogen-bond donors (Lipinski definition) is 1. The Balaban J connectivity index is 1.47. The third-order valence-electron chi connectivity index (χ3n) is 6.51. The first-order chi connectivity index (χ1) is 16.0. The van der Waals surface area contributed by atoms with Crippen LogP contribution in [0.3, 0.4) is 0 Å². The van der Waals surface area contributed by atoms with Crippen LogP contribution in [0.1, 0.15) is 31.4 Å². The Kier molecular flexibility index (Phi) is 7.73. The van der Waals surface area contributed by atoms with Crippen molar-refractivity contribution in [2.45, 2.75) is 38.1 Å². The molecule has 1 aliphatic rings. The van der Waals surface area contributed by atoms with E-state index in [1.807, 2.05) is 48.5 Å². The lowest BCUT2D eigenvalue weighted by molar-refractivity contribution is -0.121. The van der Waals surface area contributed by atoms with Gasteiger partial charge in [0.15, 0.2) is 0 Å². The summed E-state index contributed by atoms with van der Waals surface area (Å²) in [4.78, 5) is 14.9. The monoisotopic (exact) mass is 465 g/mol. The van der Waals surface area contributed by atoms with Crippen LogP contribution in [0.4, 0.5) is 0 Å². The molecule has 1 fully saturated rings. The van der Waals surface area contributed by atoms with E-state index in [0.29, 0.717) is 23.9 Å². The van der Waals surface area contributed by atoms with Gasteiger partial charge in [-0.25, -0.2) is 0 Å². The molecule has 0 unspecified atom stereocenters. The first kappa shape index (κ1) is 23.4. The number of methoxy groups -OCH3 is 1. The number of likely N-dealkylation sites (tertiary alicyclic amines) is 1. The van der Waals surface area contributed by atoms with E-state index in [1.165, 1.54) is 12.8 Å². The Morgan fingerprint density at radius 2 is 1.85 bits per heavy atom. The zero-order valence-electron chi connectivity index (χ0n) is 19.4. The number of rotatable bonds is 9. The highest BCUT2D eigenvalue weighted by atomic mass is 35.5. The van der Waals surface area contributed by atoms with Crippen molar-refractivity contribution in [3.63, 3.8) is 0 Å². The lowest BCUT2D eigenvalue weighted by Crippen LogP contribution is -2.31. The van der Waals surface area contributed by atoms with Crippen LogP contribution < -0.4 is 10.1 Å². The maximum absolute atomic E-state index is 12.6. The van der Waals surface area contributed by atoms with Gasteiger partial charge in [-0.2, -0.15) is 0 Å². The second-order valence-electron chi connectivity index (χ2n) is 8.67. The van der Waals surface area contributed by atoms with Gasteiger partial charge in [-0.3, -0.25) is 4.79 Å². The Bertz CT molecular complexity index is 1060. The molecule has 1 amide bonds. The third kappa shape index (κ3) is 5.79. The Hall–Kier alpha value is -2.76. The minimum absolute atomic E-state index is 0.103. The highest BCUT2D eigenvalue weighted by Gasteiger charge is 2.20. The van der Waals surface area contributed by atoms with Crippen molar-refractivity contribution in [1.82, 2.24) is 14.8 Å². The van der Waals surface area contributed by atoms with Crippen molar-refractivity contribution in [1.29, 1.82) is 0 Å². The third-order valence-corrected chi connectivity index (χ3v) is 6.76. The number of halogens is 1. The number of aryl methyl sites for hydroxylation is 1. The molecule has 5 nitrogen and oxygen atoms in total. The molecule has 3 aromatic rings. The number of benzene rings is 2. The number of carbonyl (C=O) groups is 1. The summed E-state index contributed by atoms with van der Waals surface area (Å²) in [7, 11) is 3.84. The van der Waals surface area contributed by atoms with E-state index in [2.05, 4.69) is 34.0 Å². The number of nitrogens with zero attached hydrogens (tertiary/aromatic N) is 2. The summed E-state index contributed by atoms with van der Waals surface area (Å²) >= 11 is 6.10. The summed E-state index contributed by atoms with van der Waals surface area (Å²) < 4.78 is 7.54. The maximum Gasteiger partial charge on any atom is 0.220 e. The van der Waals surface area contributed by atoms with E-state index < -0.39 is 0 Å². The molecule has 0 spiro atoms. The van der Waals surface area contributed by atoms with Crippen molar-refractivity contribution >= 4 is 17.5 Å². The molecule has 1 atom stereocenters. The van der Waals surface area contributed by atoms with Crippen molar-refractivity contribution in [2.75, 3.05) is 27.2 Å². The molecule has 1 N–H and O–H groups in total. The topological polar surface area (TPSA) is 46.5 Å². The Morgan fingerprint density at radius 1 is 1.09 bits per heavy atom. The second-order valence-corrected chi connectivity index (χ2v) is 9.10. The van der Waals surface area contributed by atoms with Gasteiger partial charge in [0.05, 0.1) is 12.8 Å². The van der Waals surface area contributed by atoms with Crippen LogP contribution >= 0.6 is 11.6 Å². The summed E-state index contributed by atoms with van der Waals surface area (Å²) in [5.41, 5.74) is 4.27. The molecule has 2 aromatic carbocycles. The summed E-state index contributed by atoms with van der Waals surface area (Å²) in [6.07, 6.45) is 4.63. The van der Waals surface area contributed by atoms with E-state index in [-0.39, 0.29) is 5.91 Å². The van der Waals surface area contributed by atoms with Gasteiger partial charge in [0.25, 0.3) is 0 Å². The molecule has 4 rings (SSSR count). The fourth-order valence-corrected chi connectivity index (χ4v) is 4.73. The molecule has 2 heterocycles. The highest BCUT2D eigenvalue weighted by Crippen LogP contribution is 2.29. The van der Waals surface area contributed by atoms with Gasteiger partial charge < -0.3 is 19.5 Å². The lowest BCUT2D eigenvalue weighted by atomic mass is 10.1. The molecule has 1 aliphatic heterocycles. The first-order valence-electron chi connectivity index (χ1n) is 11.6. The average molecular weight is 466 g/mol. The zero-order chi connectivity index (χ0) is 23.2. The van der Waals surface area contributed by atoms with Gasteiger partial charge in [-0.15, -0.1) is 0 Å². The quantitative estimate of drug-likeness (QED) is 0.464. The molecule has 6 heteroatoms. The Labute approximate surface area is 201 Å². The number of amides is 1. The van der Waals surface area contributed by atoms with Crippen LogP contribution in [0, 0.1) is 0 Å². The van der Waals surface area contributed by atoms with Gasteiger partial charge in [-0.1, -0.05) is 23.7 Å². The largest absolute Gasteiger partial charge is 0.497 e. The minimum atomic E-state index is 0.103. The van der Waals surface area contributed by atoms with Crippen LogP contribution in [0.2, 0.25) is 5.02 Å². The van der Waals surface area contributed by atoms with Crippen LogP contribution in [0.15, 0.2) is 60.7 Å². The normalized spacial score (nSPS) is 16.2. The molecule has 0 aliphatic carbocycles. The summed E-state index contributed by atoms with van der Waals surface area (Å²) in [6.45, 7) is 1.90. The number of nitrogens with one attached hydrogen (secondary N) is 1. The van der Waals surface area contributed by atoms with Gasteiger partial charge in [0.2, 0.25) is 5.91 Å². The van der Waals surface area contributed by atoms with E-state index in [0.717, 1.165) is 47.9 Å². The average Bonchev–Trinajstić information content (AvgIpc) is 3.44. The van der Waals surface area contributed by atoms with Crippen molar-refractivity contribution in [3.8, 4) is 22.7 Å². The molecule has 33 heavy (non-hydrogen) atoms. The zero-order valence-corrected chi connectivity index (χ0v) is 20.1. The SMILES string of the molecule is COc1ccc(-n2c(CCC(=O)NCC[C@@H]3CCCN3C)ccc2-c2ccc(Cl)cc2)cc1. The summed E-state index contributed by atoms with van der Waals surface area (Å²) in [5.74, 6) is 0.916. The Morgan fingerprint density at radius 3 is 2.52 bits per heavy atom. The van der Waals surface area contributed by atoms with E-state index in [1.54, 1.807) is 7.11 Å². The number of carbonyl (C=O) groups excluding carboxylic acids is 1. The van der Waals surface area contributed by atoms with E-state index in [9.17, 15) is 4.79 Å². The van der Waals surface area contributed by atoms with E-state index in [4.69, 9.17) is 16.3 Å². The van der Waals surface area contributed by atoms with Gasteiger partial charge in [-0.05, 0) is 93.4 Å². The van der Waals surface area contributed by atoms with Crippen molar-refractivity contribution in [2.24, 2.45) is 0 Å². The van der Waals surface area contributed by atoms with Crippen LogP contribution in [0.5, 0.6) is 5.75 Å². The highest BCUT2D eigenvalue weighted by molar-refractivity contribution is 6.30.